The number of amides is 1. The monoisotopic (exact) mass is 362 g/mol. The van der Waals surface area contributed by atoms with Crippen LogP contribution >= 0.6 is 11.6 Å². The Morgan fingerprint density at radius 2 is 2.08 bits per heavy atom. The number of halogens is 1. The van der Waals surface area contributed by atoms with Gasteiger partial charge in [-0.1, -0.05) is 35.8 Å². The molecule has 0 atom stereocenters. The number of aryl methyl sites for hydroxylation is 1. The predicted molar refractivity (Wildman–Crippen MR) is 99.7 cm³/mol. The topological polar surface area (TPSA) is 62.5 Å². The molecule has 1 heterocycles. The molecule has 3 rings (SSSR count). The Kier molecular flexibility index (Phi) is 2.89. The first-order valence-corrected chi connectivity index (χ1v) is 7.75. The average Bonchev–Trinajstić information content (AvgIpc) is 2.70. The second kappa shape index (κ2) is 6.61. The van der Waals surface area contributed by atoms with Crippen LogP contribution in [0.5, 0.6) is 5.75 Å². The van der Waals surface area contributed by atoms with E-state index < -0.39 is 63.8 Å². The highest BCUT2D eigenvalue weighted by atomic mass is 35.5. The summed E-state index contributed by atoms with van der Waals surface area (Å²) < 4.78 is 47.3. The Labute approximate surface area is 158 Å². The molecule has 1 aromatic heterocycles. The zero-order chi connectivity index (χ0) is 23.2. The van der Waals surface area contributed by atoms with Crippen LogP contribution in [-0.2, 0) is 6.98 Å². The molecule has 25 heavy (non-hydrogen) atoms. The van der Waals surface area contributed by atoms with Crippen molar-refractivity contribution in [3.63, 3.8) is 0 Å². The Morgan fingerprint density at radius 1 is 1.36 bits per heavy atom. The molecule has 0 bridgehead atoms. The summed E-state index contributed by atoms with van der Waals surface area (Å²) >= 11 is 6.12. The zero-order valence-corrected chi connectivity index (χ0v) is 13.9. The maximum atomic E-state index is 13.3. The minimum Gasteiger partial charge on any atom is -0.506 e. The first-order chi connectivity index (χ1) is 14.4. The van der Waals surface area contributed by atoms with E-state index in [2.05, 4.69) is 0 Å². The molecule has 6 heteroatoms. The van der Waals surface area contributed by atoms with Gasteiger partial charge in [0.05, 0.1) is 20.0 Å². The molecule has 0 saturated heterocycles. The van der Waals surface area contributed by atoms with Crippen molar-refractivity contribution in [2.75, 3.05) is 11.4 Å². The van der Waals surface area contributed by atoms with Crippen molar-refractivity contribution in [1.29, 1.82) is 0 Å². The molecule has 128 valence electrons. The van der Waals surface area contributed by atoms with Gasteiger partial charge < -0.3 is 14.6 Å². The minimum atomic E-state index is -3.16. The van der Waals surface area contributed by atoms with Gasteiger partial charge >= 0.3 is 0 Å². The summed E-state index contributed by atoms with van der Waals surface area (Å²) in [5.41, 5.74) is -2.45. The van der Waals surface area contributed by atoms with Crippen LogP contribution in [0, 0.1) is 0 Å². The second-order valence-electron chi connectivity index (χ2n) is 5.16. The molecule has 1 amide bonds. The van der Waals surface area contributed by atoms with Crippen LogP contribution in [0.3, 0.4) is 0 Å². The SMILES string of the molecule is [2H]c1c([2H])c([2H])c2c(c(O)c(C(=O)N(CC)c3ccccc3)c(=O)n2C([2H])([2H])[2H])c1Cl. The van der Waals surface area contributed by atoms with E-state index in [0.29, 0.717) is 5.69 Å². The Morgan fingerprint density at radius 3 is 2.72 bits per heavy atom. The lowest BCUT2D eigenvalue weighted by molar-refractivity contribution is 0.0984. The maximum absolute atomic E-state index is 13.3. The van der Waals surface area contributed by atoms with Crippen LogP contribution in [0.15, 0.2) is 53.3 Å². The van der Waals surface area contributed by atoms with E-state index in [-0.39, 0.29) is 11.1 Å². The van der Waals surface area contributed by atoms with E-state index in [1.54, 1.807) is 37.3 Å². The summed E-state index contributed by atoms with van der Waals surface area (Å²) in [4.78, 5) is 27.6. The van der Waals surface area contributed by atoms with Crippen molar-refractivity contribution in [1.82, 2.24) is 4.57 Å². The molecule has 2 aromatic carbocycles. The van der Waals surface area contributed by atoms with Gasteiger partial charge in [-0.25, -0.2) is 0 Å². The lowest BCUT2D eigenvalue weighted by Crippen LogP contribution is -2.36. The van der Waals surface area contributed by atoms with Gasteiger partial charge in [0.2, 0.25) is 0 Å². The highest BCUT2D eigenvalue weighted by Gasteiger charge is 2.26. The number of para-hydroxylation sites is 1. The molecule has 0 radical (unpaired) electrons. The Balaban J connectivity index is 2.49. The molecular formula is C19H17ClN2O3. The first kappa shape index (κ1) is 10.9. The summed E-state index contributed by atoms with van der Waals surface area (Å²) in [6.45, 7) is -1.42. The summed E-state index contributed by atoms with van der Waals surface area (Å²) in [6, 6.07) is 6.13. The third kappa shape index (κ3) is 2.76. The highest BCUT2D eigenvalue weighted by Crippen LogP contribution is 2.33. The molecule has 1 N–H and O–H groups in total. The quantitative estimate of drug-likeness (QED) is 0.774. The number of carbonyl (C=O) groups excluding carboxylic acids is 1. The van der Waals surface area contributed by atoms with Gasteiger partial charge in [-0.05, 0) is 31.1 Å². The lowest BCUT2D eigenvalue weighted by atomic mass is 10.1. The molecule has 0 aliphatic heterocycles. The van der Waals surface area contributed by atoms with Gasteiger partial charge in [-0.15, -0.1) is 0 Å². The Hall–Kier alpha value is -2.79. The van der Waals surface area contributed by atoms with Gasteiger partial charge in [0.15, 0.2) is 0 Å². The molecule has 0 unspecified atom stereocenters. The fourth-order valence-electron chi connectivity index (χ4n) is 2.58. The van der Waals surface area contributed by atoms with Gasteiger partial charge in [0, 0.05) is 23.3 Å². The number of fused-ring (bicyclic) bond motifs is 1. The van der Waals surface area contributed by atoms with Crippen LogP contribution in [0.25, 0.3) is 10.9 Å². The Bertz CT molecular complexity index is 1260. The number of nitrogens with zero attached hydrogens (tertiary/aromatic N) is 2. The number of anilines is 1. The highest BCUT2D eigenvalue weighted by molar-refractivity contribution is 6.36. The number of benzene rings is 2. The van der Waals surface area contributed by atoms with Gasteiger partial charge in [-0.2, -0.15) is 0 Å². The van der Waals surface area contributed by atoms with Crippen LogP contribution in [0.1, 0.15) is 25.5 Å². The molecular weight excluding hydrogens is 340 g/mol. The summed E-state index contributed by atoms with van der Waals surface area (Å²) in [6.07, 6.45) is 0. The second-order valence-corrected chi connectivity index (χ2v) is 5.54. The van der Waals surface area contributed by atoms with Crippen molar-refractivity contribution in [3.05, 3.63) is 69.4 Å². The van der Waals surface area contributed by atoms with E-state index in [9.17, 15) is 14.7 Å². The van der Waals surface area contributed by atoms with Crippen LogP contribution in [0.2, 0.25) is 5.02 Å². The maximum Gasteiger partial charge on any atom is 0.267 e. The van der Waals surface area contributed by atoms with Crippen LogP contribution in [-0.4, -0.2) is 22.1 Å². The largest absolute Gasteiger partial charge is 0.506 e. The summed E-state index contributed by atoms with van der Waals surface area (Å²) in [5.74, 6) is -1.91. The van der Waals surface area contributed by atoms with Crippen molar-refractivity contribution in [2.45, 2.75) is 6.92 Å². The van der Waals surface area contributed by atoms with Crippen molar-refractivity contribution < 1.29 is 18.1 Å². The van der Waals surface area contributed by atoms with E-state index >= 15 is 0 Å². The van der Waals surface area contributed by atoms with E-state index in [1.807, 2.05) is 0 Å². The smallest absolute Gasteiger partial charge is 0.267 e. The lowest BCUT2D eigenvalue weighted by Gasteiger charge is -2.22. The number of hydrogen-bond donors (Lipinski definition) is 1. The van der Waals surface area contributed by atoms with Crippen LogP contribution < -0.4 is 10.5 Å². The van der Waals surface area contributed by atoms with E-state index in [4.69, 9.17) is 19.8 Å². The number of carbonyl (C=O) groups is 1. The van der Waals surface area contributed by atoms with Crippen molar-refractivity contribution in [2.24, 2.45) is 6.98 Å². The number of aromatic hydroxyl groups is 1. The van der Waals surface area contributed by atoms with Crippen molar-refractivity contribution in [3.8, 4) is 5.75 Å². The standard InChI is InChI=1S/C19H17ClN2O3/c1-3-22(12-8-5-4-6-9-12)19(25)16-17(23)15-13(20)10-7-11-14(15)21(2)18(16)24/h4-11,23H,3H2,1-2H3/i2D3,7D,10D,11D. The fourth-order valence-corrected chi connectivity index (χ4v) is 2.80. The molecule has 3 aromatic rings. The van der Waals surface area contributed by atoms with E-state index in [0.717, 1.165) is 0 Å². The molecule has 0 fully saturated rings. The number of rotatable bonds is 3. The minimum absolute atomic E-state index is 0.0975. The zero-order valence-electron chi connectivity index (χ0n) is 19.1. The third-order valence-electron chi connectivity index (χ3n) is 3.77. The van der Waals surface area contributed by atoms with Gasteiger partial charge in [0.25, 0.3) is 11.5 Å². The van der Waals surface area contributed by atoms with Gasteiger partial charge in [0.1, 0.15) is 11.3 Å². The molecule has 0 aliphatic rings. The van der Waals surface area contributed by atoms with Gasteiger partial charge in [-0.3, -0.25) is 9.59 Å². The summed E-state index contributed by atoms with van der Waals surface area (Å²) in [7, 11) is 0. The summed E-state index contributed by atoms with van der Waals surface area (Å²) in [5, 5.41) is 9.79. The normalized spacial score (nSPS) is 14.8. The van der Waals surface area contributed by atoms with E-state index in [1.165, 1.54) is 4.90 Å². The number of hydrogen-bond acceptors (Lipinski definition) is 3. The first-order valence-electron chi connectivity index (χ1n) is 10.4. The average molecular weight is 363 g/mol. The molecule has 0 spiro atoms. The molecule has 5 nitrogen and oxygen atoms in total. The predicted octanol–water partition coefficient (Wildman–Crippen LogP) is 3.56. The number of aromatic nitrogens is 1. The van der Waals surface area contributed by atoms with Crippen molar-refractivity contribution >= 4 is 34.1 Å². The molecule has 0 aliphatic carbocycles. The van der Waals surface area contributed by atoms with Crippen LogP contribution in [0.4, 0.5) is 5.69 Å². The fraction of sp³-hybridized carbons (Fsp3) is 0.158. The molecule has 0 saturated carbocycles. The third-order valence-corrected chi connectivity index (χ3v) is 4.05. The number of pyridine rings is 1.